The molecule has 1 rings (SSSR count). The van der Waals surface area contributed by atoms with E-state index in [0.717, 1.165) is 0 Å². The Morgan fingerprint density at radius 2 is 2.36 bits per heavy atom. The highest BCUT2D eigenvalue weighted by atomic mass is 19.3. The van der Waals surface area contributed by atoms with Gasteiger partial charge in [-0.05, 0) is 12.1 Å². The highest BCUT2D eigenvalue weighted by molar-refractivity contribution is 5.82. The summed E-state index contributed by atoms with van der Waals surface area (Å²) in [5, 5.41) is 0. The molecule has 0 aliphatic carbocycles. The number of carbonyl (C=O) groups is 1. The van der Waals surface area contributed by atoms with Crippen LogP contribution in [0, 0.1) is 0 Å². The summed E-state index contributed by atoms with van der Waals surface area (Å²) in [5.74, 6) is 0.280. The maximum absolute atomic E-state index is 12.0. The second-order valence-electron chi connectivity index (χ2n) is 2.81. The van der Waals surface area contributed by atoms with Crippen molar-refractivity contribution in [2.45, 2.75) is 6.43 Å². The number of hydrogen-bond donors (Lipinski definition) is 0. The van der Waals surface area contributed by atoms with E-state index in [2.05, 4.69) is 4.98 Å². The van der Waals surface area contributed by atoms with E-state index in [1.54, 1.807) is 6.07 Å². The van der Waals surface area contributed by atoms with Crippen molar-refractivity contribution >= 4 is 12.1 Å². The number of hydrogen-bond acceptors (Lipinski definition) is 3. The van der Waals surface area contributed by atoms with Crippen LogP contribution < -0.4 is 4.90 Å². The minimum absolute atomic E-state index is 0.280. The molecule has 0 spiro atoms. The SMILES string of the molecule is CN(CC(F)F)c1ncccc1C=O. The van der Waals surface area contributed by atoms with Crippen molar-refractivity contribution in [1.82, 2.24) is 4.98 Å². The Kier molecular flexibility index (Phi) is 3.50. The molecule has 0 amide bonds. The molecule has 0 bridgehead atoms. The first-order valence-electron chi connectivity index (χ1n) is 4.04. The van der Waals surface area contributed by atoms with Crippen LogP contribution in [-0.4, -0.2) is 31.3 Å². The molecule has 14 heavy (non-hydrogen) atoms. The molecular formula is C9H10F2N2O. The van der Waals surface area contributed by atoms with E-state index in [-0.39, 0.29) is 5.82 Å². The van der Waals surface area contributed by atoms with Crippen molar-refractivity contribution < 1.29 is 13.6 Å². The number of rotatable bonds is 4. The van der Waals surface area contributed by atoms with Crippen molar-refractivity contribution in [2.24, 2.45) is 0 Å². The largest absolute Gasteiger partial charge is 0.353 e. The van der Waals surface area contributed by atoms with E-state index in [9.17, 15) is 13.6 Å². The molecule has 0 aliphatic rings. The first-order chi connectivity index (χ1) is 6.65. The Bertz CT molecular complexity index is 317. The summed E-state index contributed by atoms with van der Waals surface area (Å²) in [6.07, 6.45) is -0.379. The maximum Gasteiger partial charge on any atom is 0.255 e. The lowest BCUT2D eigenvalue weighted by Crippen LogP contribution is -2.25. The van der Waals surface area contributed by atoms with Crippen molar-refractivity contribution in [1.29, 1.82) is 0 Å². The van der Waals surface area contributed by atoms with Crippen LogP contribution >= 0.6 is 0 Å². The van der Waals surface area contributed by atoms with Crippen LogP contribution in [0.15, 0.2) is 18.3 Å². The number of alkyl halides is 2. The van der Waals surface area contributed by atoms with Crippen LogP contribution in [0.4, 0.5) is 14.6 Å². The zero-order valence-electron chi connectivity index (χ0n) is 7.65. The minimum Gasteiger partial charge on any atom is -0.353 e. The zero-order chi connectivity index (χ0) is 10.6. The van der Waals surface area contributed by atoms with Crippen LogP contribution in [0.1, 0.15) is 10.4 Å². The third kappa shape index (κ3) is 2.48. The Morgan fingerprint density at radius 3 is 2.93 bits per heavy atom. The first-order valence-corrected chi connectivity index (χ1v) is 4.04. The molecule has 0 radical (unpaired) electrons. The molecule has 0 atom stereocenters. The van der Waals surface area contributed by atoms with Gasteiger partial charge in [-0.1, -0.05) is 0 Å². The van der Waals surface area contributed by atoms with Gasteiger partial charge in [0, 0.05) is 13.2 Å². The van der Waals surface area contributed by atoms with Gasteiger partial charge in [-0.2, -0.15) is 0 Å². The summed E-state index contributed by atoms with van der Waals surface area (Å²) in [6.45, 7) is -0.433. The molecule has 76 valence electrons. The second-order valence-corrected chi connectivity index (χ2v) is 2.81. The average Bonchev–Trinajstić information content (AvgIpc) is 2.16. The van der Waals surface area contributed by atoms with Gasteiger partial charge in [0.15, 0.2) is 6.29 Å². The molecule has 0 fully saturated rings. The number of pyridine rings is 1. The third-order valence-corrected chi connectivity index (χ3v) is 1.72. The summed E-state index contributed by atoms with van der Waals surface area (Å²) in [7, 11) is 1.47. The number of nitrogens with zero attached hydrogens (tertiary/aromatic N) is 2. The van der Waals surface area contributed by atoms with E-state index >= 15 is 0 Å². The molecule has 0 saturated carbocycles. The Morgan fingerprint density at radius 1 is 1.64 bits per heavy atom. The predicted molar refractivity (Wildman–Crippen MR) is 48.9 cm³/mol. The van der Waals surface area contributed by atoms with Crippen LogP contribution in [-0.2, 0) is 0 Å². The number of carbonyl (C=O) groups excluding carboxylic acids is 1. The number of anilines is 1. The highest BCUT2D eigenvalue weighted by Crippen LogP contribution is 2.14. The van der Waals surface area contributed by atoms with E-state index in [1.807, 2.05) is 0 Å². The molecule has 3 nitrogen and oxygen atoms in total. The van der Waals surface area contributed by atoms with Crippen molar-refractivity contribution in [3.05, 3.63) is 23.9 Å². The predicted octanol–water partition coefficient (Wildman–Crippen LogP) is 1.60. The monoisotopic (exact) mass is 200 g/mol. The molecule has 0 unspecified atom stereocenters. The lowest BCUT2D eigenvalue weighted by molar-refractivity contribution is 0.112. The fourth-order valence-electron chi connectivity index (χ4n) is 1.11. The first kappa shape index (κ1) is 10.6. The maximum atomic E-state index is 12.0. The van der Waals surface area contributed by atoms with Gasteiger partial charge in [-0.3, -0.25) is 4.79 Å². The van der Waals surface area contributed by atoms with Gasteiger partial charge in [-0.15, -0.1) is 0 Å². The van der Waals surface area contributed by atoms with Crippen LogP contribution in [0.5, 0.6) is 0 Å². The fraction of sp³-hybridized carbons (Fsp3) is 0.333. The second kappa shape index (κ2) is 4.64. The van der Waals surface area contributed by atoms with E-state index in [1.165, 1.54) is 24.2 Å². The van der Waals surface area contributed by atoms with Crippen molar-refractivity contribution in [3.63, 3.8) is 0 Å². The summed E-state index contributed by atoms with van der Waals surface area (Å²) < 4.78 is 24.1. The lowest BCUT2D eigenvalue weighted by Gasteiger charge is -2.18. The van der Waals surface area contributed by atoms with Crippen molar-refractivity contribution in [3.8, 4) is 0 Å². The number of aldehydes is 1. The number of aromatic nitrogens is 1. The fourth-order valence-corrected chi connectivity index (χ4v) is 1.11. The van der Waals surface area contributed by atoms with Gasteiger partial charge in [0.05, 0.1) is 12.1 Å². The van der Waals surface area contributed by atoms with Gasteiger partial charge < -0.3 is 4.90 Å². The smallest absolute Gasteiger partial charge is 0.255 e. The van der Waals surface area contributed by atoms with E-state index in [0.29, 0.717) is 11.8 Å². The van der Waals surface area contributed by atoms with Crippen molar-refractivity contribution in [2.75, 3.05) is 18.5 Å². The standard InChI is InChI=1S/C9H10F2N2O/c1-13(5-8(10)11)9-7(6-14)3-2-4-12-9/h2-4,6,8H,5H2,1H3. The molecule has 1 aromatic heterocycles. The molecule has 0 N–H and O–H groups in total. The highest BCUT2D eigenvalue weighted by Gasteiger charge is 2.12. The lowest BCUT2D eigenvalue weighted by atomic mass is 10.2. The summed E-state index contributed by atoms with van der Waals surface area (Å²) in [5.41, 5.74) is 0.315. The summed E-state index contributed by atoms with van der Waals surface area (Å²) in [4.78, 5) is 15.7. The van der Waals surface area contributed by atoms with Crippen LogP contribution in [0.3, 0.4) is 0 Å². The molecule has 0 aliphatic heterocycles. The Balaban J connectivity index is 2.88. The Hall–Kier alpha value is -1.52. The Labute approximate surface area is 80.4 Å². The molecule has 0 saturated heterocycles. The number of halogens is 2. The quantitative estimate of drug-likeness (QED) is 0.692. The minimum atomic E-state index is -2.44. The zero-order valence-corrected chi connectivity index (χ0v) is 7.65. The van der Waals surface area contributed by atoms with Gasteiger partial charge in [0.25, 0.3) is 6.43 Å². The van der Waals surface area contributed by atoms with Gasteiger partial charge >= 0.3 is 0 Å². The third-order valence-electron chi connectivity index (χ3n) is 1.72. The summed E-state index contributed by atoms with van der Waals surface area (Å²) in [6, 6.07) is 3.13. The molecule has 1 aromatic rings. The topological polar surface area (TPSA) is 33.2 Å². The van der Waals surface area contributed by atoms with E-state index < -0.39 is 13.0 Å². The van der Waals surface area contributed by atoms with Crippen LogP contribution in [0.25, 0.3) is 0 Å². The molecule has 1 heterocycles. The van der Waals surface area contributed by atoms with Gasteiger partial charge in [-0.25, -0.2) is 13.8 Å². The van der Waals surface area contributed by atoms with Gasteiger partial charge in [0.2, 0.25) is 0 Å². The van der Waals surface area contributed by atoms with Crippen LogP contribution in [0.2, 0.25) is 0 Å². The van der Waals surface area contributed by atoms with E-state index in [4.69, 9.17) is 0 Å². The molecular weight excluding hydrogens is 190 g/mol. The average molecular weight is 200 g/mol. The molecule has 5 heteroatoms. The summed E-state index contributed by atoms with van der Waals surface area (Å²) >= 11 is 0. The molecule has 0 aromatic carbocycles. The van der Waals surface area contributed by atoms with Gasteiger partial charge in [0.1, 0.15) is 5.82 Å². The normalized spacial score (nSPS) is 10.3.